The van der Waals surface area contributed by atoms with Gasteiger partial charge in [0.05, 0.1) is 0 Å². The maximum Gasteiger partial charge on any atom is 0.150 e. The molecule has 0 unspecified atom stereocenters. The third-order valence-corrected chi connectivity index (χ3v) is 7.43. The number of aldehydes is 2. The molecule has 0 aliphatic carbocycles. The van der Waals surface area contributed by atoms with Crippen molar-refractivity contribution in [3.8, 4) is 0 Å². The van der Waals surface area contributed by atoms with E-state index in [-0.39, 0.29) is 0 Å². The SMILES string of the molecule is O=Cc1ccc(Sc2ccc(Sc3ccc(Sc4ccc(C=O)cc4)cc3)cc2)cc1. The van der Waals surface area contributed by atoms with E-state index in [2.05, 4.69) is 48.5 Å². The zero-order valence-corrected chi connectivity index (χ0v) is 18.9. The molecule has 0 saturated carbocycles. The second kappa shape index (κ2) is 10.5. The molecule has 0 N–H and O–H groups in total. The van der Waals surface area contributed by atoms with Gasteiger partial charge in [0.25, 0.3) is 0 Å². The van der Waals surface area contributed by atoms with E-state index < -0.39 is 0 Å². The van der Waals surface area contributed by atoms with Crippen molar-refractivity contribution in [2.24, 2.45) is 0 Å². The molecule has 31 heavy (non-hydrogen) atoms. The van der Waals surface area contributed by atoms with Crippen LogP contribution in [0.4, 0.5) is 0 Å². The first kappa shape index (κ1) is 21.5. The molecule has 0 fully saturated rings. The number of hydrogen-bond acceptors (Lipinski definition) is 5. The fraction of sp³-hybridized carbons (Fsp3) is 0. The summed E-state index contributed by atoms with van der Waals surface area (Å²) < 4.78 is 0. The molecule has 0 spiro atoms. The lowest BCUT2D eigenvalue weighted by Gasteiger charge is -2.06. The Kier molecular flexibility index (Phi) is 7.30. The molecule has 2 nitrogen and oxygen atoms in total. The number of hydrogen-bond donors (Lipinski definition) is 0. The van der Waals surface area contributed by atoms with Gasteiger partial charge in [0.2, 0.25) is 0 Å². The molecule has 0 radical (unpaired) electrons. The van der Waals surface area contributed by atoms with Crippen LogP contribution in [0.2, 0.25) is 0 Å². The standard InChI is InChI=1S/C26H18O2S3/c27-17-19-1-5-21(6-2-19)29-23-9-13-25(14-10-23)31-26-15-11-24(12-16-26)30-22-7-3-20(18-28)4-8-22/h1-18H. The minimum Gasteiger partial charge on any atom is -0.298 e. The summed E-state index contributed by atoms with van der Waals surface area (Å²) in [5.74, 6) is 0. The first-order chi connectivity index (χ1) is 15.2. The summed E-state index contributed by atoms with van der Waals surface area (Å²) in [7, 11) is 0. The van der Waals surface area contributed by atoms with Crippen LogP contribution in [0.5, 0.6) is 0 Å². The maximum absolute atomic E-state index is 10.8. The maximum atomic E-state index is 10.8. The molecular formula is C26H18O2S3. The van der Waals surface area contributed by atoms with Gasteiger partial charge < -0.3 is 0 Å². The Morgan fingerprint density at radius 3 is 0.742 bits per heavy atom. The topological polar surface area (TPSA) is 34.1 Å². The van der Waals surface area contributed by atoms with Gasteiger partial charge >= 0.3 is 0 Å². The summed E-state index contributed by atoms with van der Waals surface area (Å²) >= 11 is 5.09. The molecule has 0 aliphatic rings. The molecule has 0 saturated heterocycles. The zero-order chi connectivity index (χ0) is 21.5. The van der Waals surface area contributed by atoms with Gasteiger partial charge in [0.15, 0.2) is 0 Å². The van der Waals surface area contributed by atoms with Gasteiger partial charge in [-0.2, -0.15) is 0 Å². The molecule has 152 valence electrons. The van der Waals surface area contributed by atoms with Crippen molar-refractivity contribution >= 4 is 47.9 Å². The molecule has 0 bridgehead atoms. The van der Waals surface area contributed by atoms with Gasteiger partial charge in [0.1, 0.15) is 12.6 Å². The minimum atomic E-state index is 0.691. The summed E-state index contributed by atoms with van der Waals surface area (Å²) in [5.41, 5.74) is 1.38. The van der Waals surface area contributed by atoms with E-state index in [0.29, 0.717) is 11.1 Å². The first-order valence-electron chi connectivity index (χ1n) is 9.56. The van der Waals surface area contributed by atoms with Gasteiger partial charge in [-0.15, -0.1) is 0 Å². The van der Waals surface area contributed by atoms with Crippen molar-refractivity contribution in [3.05, 3.63) is 108 Å². The predicted molar refractivity (Wildman–Crippen MR) is 129 cm³/mol. The largest absolute Gasteiger partial charge is 0.298 e. The Labute approximate surface area is 194 Å². The summed E-state index contributed by atoms with van der Waals surface area (Å²) in [6, 6.07) is 32.2. The van der Waals surface area contributed by atoms with Gasteiger partial charge in [-0.05, 0) is 72.8 Å². The summed E-state index contributed by atoms with van der Waals surface area (Å²) in [6.45, 7) is 0. The van der Waals surface area contributed by atoms with E-state index in [9.17, 15) is 9.59 Å². The van der Waals surface area contributed by atoms with E-state index in [0.717, 1.165) is 32.2 Å². The summed E-state index contributed by atoms with van der Waals surface area (Å²) in [6.07, 6.45) is 1.72. The highest BCUT2D eigenvalue weighted by Crippen LogP contribution is 2.34. The number of carbonyl (C=O) groups is 2. The van der Waals surface area contributed by atoms with Gasteiger partial charge in [0, 0.05) is 40.5 Å². The lowest BCUT2D eigenvalue weighted by Crippen LogP contribution is -1.80. The van der Waals surface area contributed by atoms with Crippen molar-refractivity contribution in [1.82, 2.24) is 0 Å². The van der Waals surface area contributed by atoms with Crippen LogP contribution in [0.15, 0.2) is 126 Å². The van der Waals surface area contributed by atoms with E-state index in [1.807, 2.05) is 48.5 Å². The molecule has 0 aliphatic heterocycles. The summed E-state index contributed by atoms with van der Waals surface area (Å²) in [5, 5.41) is 0. The van der Waals surface area contributed by atoms with E-state index >= 15 is 0 Å². The third kappa shape index (κ3) is 6.14. The van der Waals surface area contributed by atoms with Crippen LogP contribution >= 0.6 is 35.3 Å². The zero-order valence-electron chi connectivity index (χ0n) is 16.4. The van der Waals surface area contributed by atoms with Crippen LogP contribution in [0.3, 0.4) is 0 Å². The van der Waals surface area contributed by atoms with Crippen molar-refractivity contribution in [3.63, 3.8) is 0 Å². The predicted octanol–water partition coefficient (Wildman–Crippen LogP) is 7.77. The second-order valence-electron chi connectivity index (χ2n) is 6.62. The second-order valence-corrected chi connectivity index (χ2v) is 10.1. The smallest absolute Gasteiger partial charge is 0.150 e. The number of rotatable bonds is 8. The van der Waals surface area contributed by atoms with Crippen molar-refractivity contribution in [2.75, 3.05) is 0 Å². The van der Waals surface area contributed by atoms with Gasteiger partial charge in [-0.1, -0.05) is 59.6 Å². The Hall–Kier alpha value is -2.73. The lowest BCUT2D eigenvalue weighted by atomic mass is 10.2. The third-order valence-electron chi connectivity index (χ3n) is 4.39. The highest BCUT2D eigenvalue weighted by atomic mass is 32.2. The fourth-order valence-corrected chi connectivity index (χ4v) is 5.24. The van der Waals surface area contributed by atoms with Crippen LogP contribution in [-0.4, -0.2) is 12.6 Å². The molecule has 0 atom stereocenters. The Bertz CT molecular complexity index is 1060. The van der Waals surface area contributed by atoms with Crippen LogP contribution in [-0.2, 0) is 0 Å². The molecule has 4 rings (SSSR count). The van der Waals surface area contributed by atoms with Gasteiger partial charge in [-0.25, -0.2) is 0 Å². The normalized spacial score (nSPS) is 10.6. The molecular weight excluding hydrogens is 440 g/mol. The molecule has 0 heterocycles. The fourth-order valence-electron chi connectivity index (χ4n) is 2.79. The Morgan fingerprint density at radius 1 is 0.355 bits per heavy atom. The van der Waals surface area contributed by atoms with E-state index in [4.69, 9.17) is 0 Å². The van der Waals surface area contributed by atoms with Crippen LogP contribution in [0, 0.1) is 0 Å². The monoisotopic (exact) mass is 458 g/mol. The number of benzene rings is 4. The van der Waals surface area contributed by atoms with E-state index in [1.54, 1.807) is 35.3 Å². The van der Waals surface area contributed by atoms with Crippen molar-refractivity contribution in [2.45, 2.75) is 29.4 Å². The van der Waals surface area contributed by atoms with Gasteiger partial charge in [-0.3, -0.25) is 9.59 Å². The molecule has 4 aromatic rings. The average molecular weight is 459 g/mol. The van der Waals surface area contributed by atoms with Crippen molar-refractivity contribution < 1.29 is 9.59 Å². The molecule has 0 amide bonds. The van der Waals surface area contributed by atoms with E-state index in [1.165, 1.54) is 9.79 Å². The van der Waals surface area contributed by atoms with Crippen LogP contribution in [0.1, 0.15) is 20.7 Å². The minimum absolute atomic E-state index is 0.691. The molecule has 5 heteroatoms. The quantitative estimate of drug-likeness (QED) is 0.252. The lowest BCUT2D eigenvalue weighted by molar-refractivity contribution is 0.111. The van der Waals surface area contributed by atoms with Crippen LogP contribution in [0.25, 0.3) is 0 Å². The number of carbonyl (C=O) groups excluding carboxylic acids is 2. The average Bonchev–Trinajstić information content (AvgIpc) is 2.82. The summed E-state index contributed by atoms with van der Waals surface area (Å²) in [4.78, 5) is 28.4. The first-order valence-corrected chi connectivity index (χ1v) is 12.0. The van der Waals surface area contributed by atoms with Crippen LogP contribution < -0.4 is 0 Å². The molecule has 0 aromatic heterocycles. The highest BCUT2D eigenvalue weighted by molar-refractivity contribution is 8.00. The highest BCUT2D eigenvalue weighted by Gasteiger charge is 2.03. The Balaban J connectivity index is 1.35. The van der Waals surface area contributed by atoms with Crippen molar-refractivity contribution in [1.29, 1.82) is 0 Å². The molecule has 4 aromatic carbocycles. The Morgan fingerprint density at radius 2 is 0.548 bits per heavy atom.